The van der Waals surface area contributed by atoms with Gasteiger partial charge in [-0.3, -0.25) is 19.3 Å². The molecule has 0 spiro atoms. The summed E-state index contributed by atoms with van der Waals surface area (Å²) < 4.78 is 0. The van der Waals surface area contributed by atoms with Gasteiger partial charge in [0, 0.05) is 19.2 Å². The van der Waals surface area contributed by atoms with Gasteiger partial charge in [0.05, 0.1) is 11.3 Å². The van der Waals surface area contributed by atoms with Crippen molar-refractivity contribution in [1.82, 2.24) is 4.90 Å². The standard InChI is InChI=1S/C8H12N2O3S2/c1-10-6(11)2-5(7(10)12)15-3-4(9)8(13)14/h4-5H,2-3,9H2,1H3,(H,13,14). The third-order valence-electron chi connectivity index (χ3n) is 2.13. The van der Waals surface area contributed by atoms with Gasteiger partial charge in [0.25, 0.3) is 0 Å². The molecule has 0 aromatic rings. The molecule has 0 aromatic carbocycles. The van der Waals surface area contributed by atoms with Crippen LogP contribution in [0.25, 0.3) is 0 Å². The maximum atomic E-state index is 11.4. The van der Waals surface area contributed by atoms with E-state index in [-0.39, 0.29) is 18.2 Å². The molecule has 7 heteroatoms. The Balaban J connectivity index is 2.44. The van der Waals surface area contributed by atoms with Gasteiger partial charge in [-0.1, -0.05) is 0 Å². The van der Waals surface area contributed by atoms with Crippen molar-refractivity contribution in [1.29, 1.82) is 0 Å². The zero-order valence-electron chi connectivity index (χ0n) is 8.17. The first-order chi connectivity index (χ1) is 6.93. The second kappa shape index (κ2) is 5.00. The number of imide groups is 1. The van der Waals surface area contributed by atoms with Crippen molar-refractivity contribution in [3.8, 4) is 0 Å². The van der Waals surface area contributed by atoms with Crippen molar-refractivity contribution in [2.45, 2.75) is 17.7 Å². The number of thiol groups is 1. The van der Waals surface area contributed by atoms with E-state index in [9.17, 15) is 14.4 Å². The van der Waals surface area contributed by atoms with Crippen LogP contribution in [-0.2, 0) is 14.4 Å². The van der Waals surface area contributed by atoms with Gasteiger partial charge >= 0.3 is 0 Å². The molecule has 0 saturated carbocycles. The van der Waals surface area contributed by atoms with E-state index in [4.69, 9.17) is 5.73 Å². The fourth-order valence-electron chi connectivity index (χ4n) is 1.14. The summed E-state index contributed by atoms with van der Waals surface area (Å²) in [4.78, 5) is 34.4. The summed E-state index contributed by atoms with van der Waals surface area (Å²) in [6.45, 7) is 0. The van der Waals surface area contributed by atoms with Crippen LogP contribution in [-0.4, -0.2) is 45.9 Å². The first-order valence-corrected chi connectivity index (χ1v) is 5.83. The van der Waals surface area contributed by atoms with E-state index < -0.39 is 16.4 Å². The van der Waals surface area contributed by atoms with Crippen LogP contribution in [0, 0.1) is 0 Å². The Kier molecular flexibility index (Phi) is 4.18. The summed E-state index contributed by atoms with van der Waals surface area (Å²) in [5.74, 6) is -0.105. The molecule has 1 saturated heterocycles. The minimum atomic E-state index is -0.688. The number of amides is 2. The largest absolute Gasteiger partial charge is 0.320 e. The first-order valence-electron chi connectivity index (χ1n) is 4.34. The minimum Gasteiger partial charge on any atom is -0.320 e. The molecule has 1 aliphatic rings. The number of carbonyl (C=O) groups excluding carboxylic acids is 3. The third-order valence-corrected chi connectivity index (χ3v) is 3.79. The molecule has 2 unspecified atom stereocenters. The molecule has 1 aliphatic heterocycles. The highest BCUT2D eigenvalue weighted by atomic mass is 32.2. The van der Waals surface area contributed by atoms with E-state index in [1.807, 2.05) is 0 Å². The van der Waals surface area contributed by atoms with Gasteiger partial charge in [-0.05, 0) is 0 Å². The van der Waals surface area contributed by atoms with Crippen LogP contribution in [0.15, 0.2) is 0 Å². The molecule has 1 rings (SSSR count). The maximum Gasteiger partial charge on any atom is 0.242 e. The molecular formula is C8H12N2O3S2. The zero-order valence-corrected chi connectivity index (χ0v) is 9.88. The van der Waals surface area contributed by atoms with Gasteiger partial charge in [-0.15, -0.1) is 24.4 Å². The molecule has 2 atom stereocenters. The predicted octanol–water partition coefficient (Wildman–Crippen LogP) is -0.739. The Hall–Kier alpha value is -0.530. The van der Waals surface area contributed by atoms with E-state index >= 15 is 0 Å². The number of nitrogens with zero attached hydrogens (tertiary/aromatic N) is 1. The average Bonchev–Trinajstić information content (AvgIpc) is 2.42. The first kappa shape index (κ1) is 12.5. The highest BCUT2D eigenvalue weighted by molar-refractivity contribution is 8.01. The van der Waals surface area contributed by atoms with Gasteiger partial charge in [0.15, 0.2) is 0 Å². The molecule has 0 aromatic heterocycles. The smallest absolute Gasteiger partial charge is 0.242 e. The van der Waals surface area contributed by atoms with Crippen molar-refractivity contribution in [2.24, 2.45) is 5.73 Å². The Labute approximate surface area is 97.2 Å². The Morgan fingerprint density at radius 2 is 2.33 bits per heavy atom. The molecule has 2 amide bonds. The summed E-state index contributed by atoms with van der Waals surface area (Å²) in [6, 6.07) is -0.688. The van der Waals surface area contributed by atoms with Gasteiger partial charge < -0.3 is 5.73 Å². The SMILES string of the molecule is CN1C(=O)CC(SCC(N)C(=O)S)C1=O. The fraction of sp³-hybridized carbons (Fsp3) is 0.625. The molecule has 5 nitrogen and oxygen atoms in total. The van der Waals surface area contributed by atoms with Crippen molar-refractivity contribution in [2.75, 3.05) is 12.8 Å². The third kappa shape index (κ3) is 2.96. The molecule has 2 N–H and O–H groups in total. The summed E-state index contributed by atoms with van der Waals surface area (Å²) in [5, 5.41) is -0.811. The van der Waals surface area contributed by atoms with Crippen LogP contribution < -0.4 is 5.73 Å². The lowest BCUT2D eigenvalue weighted by Gasteiger charge is -2.10. The lowest BCUT2D eigenvalue weighted by atomic mass is 10.3. The summed E-state index contributed by atoms with van der Waals surface area (Å²) in [6.07, 6.45) is 0.188. The Bertz CT molecular complexity index is 308. The fourth-order valence-corrected chi connectivity index (χ4v) is 2.51. The van der Waals surface area contributed by atoms with Crippen LogP contribution >= 0.6 is 24.4 Å². The van der Waals surface area contributed by atoms with E-state index in [1.54, 1.807) is 0 Å². The molecule has 84 valence electrons. The highest BCUT2D eigenvalue weighted by Gasteiger charge is 2.36. The number of rotatable bonds is 4. The van der Waals surface area contributed by atoms with Crippen molar-refractivity contribution in [3.63, 3.8) is 0 Å². The van der Waals surface area contributed by atoms with E-state index in [0.717, 1.165) is 4.90 Å². The van der Waals surface area contributed by atoms with Gasteiger partial charge in [0.2, 0.25) is 16.9 Å². The summed E-state index contributed by atoms with van der Waals surface area (Å²) in [7, 11) is 1.45. The topological polar surface area (TPSA) is 80.5 Å². The minimum absolute atomic E-state index is 0.188. The molecule has 0 aliphatic carbocycles. The summed E-state index contributed by atoms with van der Waals surface area (Å²) in [5.41, 5.74) is 5.45. The van der Waals surface area contributed by atoms with E-state index in [1.165, 1.54) is 18.8 Å². The molecule has 0 radical (unpaired) electrons. The monoisotopic (exact) mass is 248 g/mol. The van der Waals surface area contributed by atoms with Crippen LogP contribution in [0.1, 0.15) is 6.42 Å². The maximum absolute atomic E-state index is 11.4. The zero-order chi connectivity index (χ0) is 11.6. The number of nitrogens with two attached hydrogens (primary N) is 1. The van der Waals surface area contributed by atoms with Crippen molar-refractivity contribution in [3.05, 3.63) is 0 Å². The van der Waals surface area contributed by atoms with Crippen LogP contribution in [0.2, 0.25) is 0 Å². The molecular weight excluding hydrogens is 236 g/mol. The molecule has 15 heavy (non-hydrogen) atoms. The lowest BCUT2D eigenvalue weighted by Crippen LogP contribution is -2.32. The Morgan fingerprint density at radius 1 is 1.73 bits per heavy atom. The number of likely N-dealkylation sites (tertiary alicyclic amines) is 1. The van der Waals surface area contributed by atoms with Crippen LogP contribution in [0.4, 0.5) is 0 Å². The van der Waals surface area contributed by atoms with Crippen molar-refractivity contribution >= 4 is 41.3 Å². The summed E-state index contributed by atoms with van der Waals surface area (Å²) >= 11 is 4.82. The van der Waals surface area contributed by atoms with Crippen LogP contribution in [0.3, 0.4) is 0 Å². The lowest BCUT2D eigenvalue weighted by molar-refractivity contribution is -0.136. The average molecular weight is 248 g/mol. The molecule has 0 bridgehead atoms. The molecule has 1 fully saturated rings. The number of hydrogen-bond donors (Lipinski definition) is 2. The van der Waals surface area contributed by atoms with Crippen molar-refractivity contribution < 1.29 is 14.4 Å². The number of thioether (sulfide) groups is 1. The number of hydrogen-bond acceptors (Lipinski definition) is 5. The van der Waals surface area contributed by atoms with E-state index in [0.29, 0.717) is 5.75 Å². The van der Waals surface area contributed by atoms with Crippen LogP contribution in [0.5, 0.6) is 0 Å². The van der Waals surface area contributed by atoms with E-state index in [2.05, 4.69) is 12.6 Å². The quantitative estimate of drug-likeness (QED) is 0.506. The Morgan fingerprint density at radius 3 is 2.73 bits per heavy atom. The van der Waals surface area contributed by atoms with Gasteiger partial charge in [0.1, 0.15) is 0 Å². The second-order valence-corrected chi connectivity index (χ2v) is 4.94. The van der Waals surface area contributed by atoms with Gasteiger partial charge in [-0.25, -0.2) is 0 Å². The normalized spacial score (nSPS) is 23.4. The molecule has 1 heterocycles. The second-order valence-electron chi connectivity index (χ2n) is 3.26. The predicted molar refractivity (Wildman–Crippen MR) is 60.6 cm³/mol. The number of carbonyl (C=O) groups is 3. The highest BCUT2D eigenvalue weighted by Crippen LogP contribution is 2.24. The van der Waals surface area contributed by atoms with Gasteiger partial charge in [-0.2, -0.15) is 0 Å².